The molecule has 0 amide bonds. The van der Waals surface area contributed by atoms with Crippen LogP contribution >= 0.6 is 11.6 Å². The summed E-state index contributed by atoms with van der Waals surface area (Å²) in [5, 5.41) is 0. The summed E-state index contributed by atoms with van der Waals surface area (Å²) in [5.41, 5.74) is 3.08. The Bertz CT molecular complexity index is 337. The Morgan fingerprint density at radius 2 is 1.80 bits per heavy atom. The van der Waals surface area contributed by atoms with E-state index < -0.39 is 0 Å². The van der Waals surface area contributed by atoms with E-state index >= 15 is 0 Å². The first-order chi connectivity index (χ1) is 7.02. The largest absolute Gasteiger partial charge is 0.294 e. The molecule has 0 heterocycles. The van der Waals surface area contributed by atoms with Crippen molar-refractivity contribution in [1.82, 2.24) is 0 Å². The van der Waals surface area contributed by atoms with Gasteiger partial charge in [-0.05, 0) is 31.9 Å². The van der Waals surface area contributed by atoms with Crippen LogP contribution in [-0.4, -0.2) is 11.7 Å². The maximum absolute atomic E-state index is 11.9. The van der Waals surface area contributed by atoms with Gasteiger partial charge in [-0.3, -0.25) is 4.79 Å². The highest BCUT2D eigenvalue weighted by Crippen LogP contribution is 2.14. The highest BCUT2D eigenvalue weighted by Gasteiger charge is 2.11. The summed E-state index contributed by atoms with van der Waals surface area (Å²) >= 11 is 5.69. The third-order valence-electron chi connectivity index (χ3n) is 2.34. The van der Waals surface area contributed by atoms with Crippen molar-refractivity contribution in [3.8, 4) is 0 Å². The van der Waals surface area contributed by atoms with Gasteiger partial charge in [0.2, 0.25) is 0 Å². The molecule has 0 aliphatic carbocycles. The topological polar surface area (TPSA) is 17.1 Å². The zero-order valence-electron chi connectivity index (χ0n) is 9.51. The zero-order chi connectivity index (χ0) is 11.4. The second kappa shape index (κ2) is 5.32. The van der Waals surface area contributed by atoms with Crippen LogP contribution in [0.4, 0.5) is 0 Å². The minimum absolute atomic E-state index is 0.190. The van der Waals surface area contributed by atoms with Gasteiger partial charge in [0.1, 0.15) is 0 Å². The van der Waals surface area contributed by atoms with E-state index in [0.717, 1.165) is 16.7 Å². The smallest absolute Gasteiger partial charge is 0.163 e. The fraction of sp³-hybridized carbons (Fsp3) is 0.462. The van der Waals surface area contributed by atoms with Gasteiger partial charge in [0.25, 0.3) is 0 Å². The fourth-order valence-electron chi connectivity index (χ4n) is 1.62. The number of carbonyl (C=O) groups is 1. The minimum Gasteiger partial charge on any atom is -0.294 e. The van der Waals surface area contributed by atoms with Crippen LogP contribution in [0, 0.1) is 19.8 Å². The van der Waals surface area contributed by atoms with E-state index in [9.17, 15) is 4.79 Å². The molecule has 0 aromatic heterocycles. The van der Waals surface area contributed by atoms with Crippen LogP contribution in [0.5, 0.6) is 0 Å². The molecule has 0 fully saturated rings. The van der Waals surface area contributed by atoms with Crippen molar-refractivity contribution in [2.45, 2.75) is 27.2 Å². The number of Topliss-reactive ketones (excluding diaryl/α,β-unsaturated/α-hetero) is 1. The first kappa shape index (κ1) is 12.3. The molecule has 0 saturated carbocycles. The van der Waals surface area contributed by atoms with Crippen molar-refractivity contribution in [3.63, 3.8) is 0 Å². The Balaban J connectivity index is 2.82. The fourth-order valence-corrected chi connectivity index (χ4v) is 1.73. The van der Waals surface area contributed by atoms with Crippen molar-refractivity contribution >= 4 is 17.4 Å². The van der Waals surface area contributed by atoms with Crippen LogP contribution in [0.25, 0.3) is 0 Å². The Labute approximate surface area is 96.5 Å². The lowest BCUT2D eigenvalue weighted by Gasteiger charge is -2.07. The summed E-state index contributed by atoms with van der Waals surface area (Å²) < 4.78 is 0. The predicted molar refractivity (Wildman–Crippen MR) is 64.7 cm³/mol. The van der Waals surface area contributed by atoms with E-state index in [0.29, 0.717) is 12.3 Å². The zero-order valence-corrected chi connectivity index (χ0v) is 10.3. The van der Waals surface area contributed by atoms with Gasteiger partial charge in [-0.15, -0.1) is 11.6 Å². The Hall–Kier alpha value is -0.820. The maximum atomic E-state index is 11.9. The van der Waals surface area contributed by atoms with E-state index in [1.54, 1.807) is 0 Å². The third-order valence-corrected chi connectivity index (χ3v) is 2.87. The molecule has 1 atom stereocenters. The molecule has 2 heteroatoms. The van der Waals surface area contributed by atoms with Crippen molar-refractivity contribution in [1.29, 1.82) is 0 Å². The van der Waals surface area contributed by atoms with Crippen LogP contribution in [0.3, 0.4) is 0 Å². The van der Waals surface area contributed by atoms with Crippen molar-refractivity contribution < 1.29 is 4.79 Å². The number of aryl methyl sites for hydroxylation is 2. The molecule has 1 aromatic rings. The summed E-state index contributed by atoms with van der Waals surface area (Å²) in [5.74, 6) is 0.978. The van der Waals surface area contributed by atoms with E-state index in [1.165, 1.54) is 0 Å². The standard InChI is InChI=1S/C13H17ClO/c1-9-4-10(2)6-12(5-9)13(15)7-11(3)8-14/h4-6,11H,7-8H2,1-3H3/t11-/m0/s1. The second-order valence-electron chi connectivity index (χ2n) is 4.26. The van der Waals surface area contributed by atoms with Gasteiger partial charge in [-0.25, -0.2) is 0 Å². The summed E-state index contributed by atoms with van der Waals surface area (Å²) in [6, 6.07) is 5.95. The molecule has 0 N–H and O–H groups in total. The molecule has 0 aliphatic heterocycles. The van der Waals surface area contributed by atoms with Gasteiger partial charge in [0, 0.05) is 17.9 Å². The lowest BCUT2D eigenvalue weighted by Crippen LogP contribution is -2.07. The van der Waals surface area contributed by atoms with E-state index in [-0.39, 0.29) is 11.7 Å². The molecule has 0 saturated heterocycles. The van der Waals surface area contributed by atoms with E-state index in [2.05, 4.69) is 6.07 Å². The Morgan fingerprint density at radius 3 is 2.27 bits per heavy atom. The highest BCUT2D eigenvalue weighted by atomic mass is 35.5. The molecule has 0 aliphatic rings. The van der Waals surface area contributed by atoms with Gasteiger partial charge >= 0.3 is 0 Å². The van der Waals surface area contributed by atoms with E-state index in [1.807, 2.05) is 32.9 Å². The molecule has 1 nitrogen and oxygen atoms in total. The Kier molecular flexibility index (Phi) is 4.34. The van der Waals surface area contributed by atoms with Gasteiger partial charge in [-0.2, -0.15) is 0 Å². The number of ketones is 1. The van der Waals surface area contributed by atoms with Crippen molar-refractivity contribution in [2.24, 2.45) is 5.92 Å². The molecule has 15 heavy (non-hydrogen) atoms. The van der Waals surface area contributed by atoms with Crippen molar-refractivity contribution in [2.75, 3.05) is 5.88 Å². The van der Waals surface area contributed by atoms with Crippen LogP contribution in [0.1, 0.15) is 34.8 Å². The average molecular weight is 225 g/mol. The molecule has 1 aromatic carbocycles. The molecule has 0 bridgehead atoms. The molecule has 82 valence electrons. The van der Waals surface area contributed by atoms with Crippen LogP contribution in [0.2, 0.25) is 0 Å². The first-order valence-corrected chi connectivity index (χ1v) is 5.74. The number of rotatable bonds is 4. The third kappa shape index (κ3) is 3.67. The molecule has 0 unspecified atom stereocenters. The SMILES string of the molecule is Cc1cc(C)cc(C(=O)C[C@H](C)CCl)c1. The minimum atomic E-state index is 0.190. The number of benzene rings is 1. The monoisotopic (exact) mass is 224 g/mol. The van der Waals surface area contributed by atoms with Crippen LogP contribution in [0.15, 0.2) is 18.2 Å². The molecule has 1 rings (SSSR count). The predicted octanol–water partition coefficient (Wildman–Crippen LogP) is 3.75. The van der Waals surface area contributed by atoms with Gasteiger partial charge < -0.3 is 0 Å². The molecular formula is C13H17ClO. The molecule has 0 radical (unpaired) electrons. The van der Waals surface area contributed by atoms with Crippen LogP contribution in [-0.2, 0) is 0 Å². The Morgan fingerprint density at radius 1 is 1.27 bits per heavy atom. The lowest BCUT2D eigenvalue weighted by atomic mass is 9.98. The van der Waals surface area contributed by atoms with Gasteiger partial charge in [-0.1, -0.05) is 24.1 Å². The summed E-state index contributed by atoms with van der Waals surface area (Å²) in [4.78, 5) is 11.9. The quantitative estimate of drug-likeness (QED) is 0.562. The molecular weight excluding hydrogens is 208 g/mol. The normalized spacial score (nSPS) is 12.5. The summed E-state index contributed by atoms with van der Waals surface area (Å²) in [7, 11) is 0. The van der Waals surface area contributed by atoms with Crippen LogP contribution < -0.4 is 0 Å². The number of hydrogen-bond acceptors (Lipinski definition) is 1. The number of halogens is 1. The number of alkyl halides is 1. The van der Waals surface area contributed by atoms with E-state index in [4.69, 9.17) is 11.6 Å². The van der Waals surface area contributed by atoms with Gasteiger partial charge in [0.05, 0.1) is 0 Å². The number of hydrogen-bond donors (Lipinski definition) is 0. The summed E-state index contributed by atoms with van der Waals surface area (Å²) in [6.45, 7) is 6.01. The molecule has 0 spiro atoms. The van der Waals surface area contributed by atoms with Crippen molar-refractivity contribution in [3.05, 3.63) is 34.9 Å². The van der Waals surface area contributed by atoms with Gasteiger partial charge in [0.15, 0.2) is 5.78 Å². The lowest BCUT2D eigenvalue weighted by molar-refractivity contribution is 0.0968. The highest BCUT2D eigenvalue weighted by molar-refractivity contribution is 6.18. The second-order valence-corrected chi connectivity index (χ2v) is 4.57. The number of carbonyl (C=O) groups excluding carboxylic acids is 1. The maximum Gasteiger partial charge on any atom is 0.163 e. The average Bonchev–Trinajstić information content (AvgIpc) is 2.16. The first-order valence-electron chi connectivity index (χ1n) is 5.20. The summed E-state index contributed by atoms with van der Waals surface area (Å²) in [6.07, 6.45) is 0.534.